The fourth-order valence-electron chi connectivity index (χ4n) is 2.60. The highest BCUT2D eigenvalue weighted by Crippen LogP contribution is 2.28. The first-order valence-electron chi connectivity index (χ1n) is 8.39. The third-order valence-corrected chi connectivity index (χ3v) is 3.92. The summed E-state index contributed by atoms with van der Waals surface area (Å²) in [5, 5.41) is 12.6. The molecule has 0 aliphatic carbocycles. The standard InChI is InChI=1S/C16H13ClN6/c1-22-15-8-12(4-7-14(15)20-21-22)16(23-10-18-9-19-23)11-2-5-13(17)6-3-11/h2-10,16H,1H3/i1D3. The number of hydrogen-bond acceptors (Lipinski definition) is 4. The summed E-state index contributed by atoms with van der Waals surface area (Å²) < 4.78 is 25.5. The van der Waals surface area contributed by atoms with Crippen LogP contribution in [-0.2, 0) is 6.98 Å². The first kappa shape index (κ1) is 10.9. The minimum absolute atomic E-state index is 0.292. The molecule has 0 bridgehead atoms. The Morgan fingerprint density at radius 1 is 1.13 bits per heavy atom. The molecule has 0 fully saturated rings. The van der Waals surface area contributed by atoms with Gasteiger partial charge in [0, 0.05) is 16.1 Å². The average molecular weight is 328 g/mol. The Labute approximate surface area is 141 Å². The molecule has 2 aromatic carbocycles. The van der Waals surface area contributed by atoms with Crippen LogP contribution >= 0.6 is 11.6 Å². The molecule has 0 aliphatic heterocycles. The van der Waals surface area contributed by atoms with Crippen LogP contribution in [0, 0.1) is 0 Å². The molecule has 7 heteroatoms. The molecule has 0 amide bonds. The Morgan fingerprint density at radius 3 is 2.70 bits per heavy atom. The maximum Gasteiger partial charge on any atom is 0.137 e. The van der Waals surface area contributed by atoms with E-state index in [9.17, 15) is 0 Å². The first-order chi connectivity index (χ1) is 12.4. The second-order valence-electron chi connectivity index (χ2n) is 5.08. The number of fused-ring (bicyclic) bond motifs is 1. The molecule has 1 atom stereocenters. The van der Waals surface area contributed by atoms with Crippen LogP contribution in [0.4, 0.5) is 0 Å². The third kappa shape index (κ3) is 2.47. The number of halogens is 1. The monoisotopic (exact) mass is 327 g/mol. The van der Waals surface area contributed by atoms with Crippen molar-refractivity contribution in [2.24, 2.45) is 6.98 Å². The summed E-state index contributed by atoms with van der Waals surface area (Å²) in [6.45, 7) is -2.41. The number of aryl methyl sites for hydroxylation is 1. The number of aromatic nitrogens is 6. The van der Waals surface area contributed by atoms with Crippen LogP contribution < -0.4 is 0 Å². The smallest absolute Gasteiger partial charge is 0.137 e. The molecule has 2 heterocycles. The quantitative estimate of drug-likeness (QED) is 0.580. The highest BCUT2D eigenvalue weighted by Gasteiger charge is 2.18. The van der Waals surface area contributed by atoms with Gasteiger partial charge in [0.15, 0.2) is 0 Å². The molecule has 0 N–H and O–H groups in total. The van der Waals surface area contributed by atoms with Crippen LogP contribution in [0.5, 0.6) is 0 Å². The van der Waals surface area contributed by atoms with E-state index in [1.807, 2.05) is 18.2 Å². The Kier molecular flexibility index (Phi) is 2.60. The Balaban J connectivity index is 1.90. The van der Waals surface area contributed by atoms with Gasteiger partial charge in [-0.1, -0.05) is 35.0 Å². The molecular formula is C16H13ClN6. The van der Waals surface area contributed by atoms with Crippen molar-refractivity contribution < 1.29 is 4.11 Å². The lowest BCUT2D eigenvalue weighted by atomic mass is 9.98. The Morgan fingerprint density at radius 2 is 1.96 bits per heavy atom. The second-order valence-corrected chi connectivity index (χ2v) is 5.52. The zero-order valence-electron chi connectivity index (χ0n) is 14.8. The summed E-state index contributed by atoms with van der Waals surface area (Å²) in [6.07, 6.45) is 3.07. The lowest BCUT2D eigenvalue weighted by molar-refractivity contribution is 0.594. The third-order valence-electron chi connectivity index (χ3n) is 3.67. The van der Waals surface area contributed by atoms with E-state index in [0.29, 0.717) is 16.1 Å². The van der Waals surface area contributed by atoms with Crippen molar-refractivity contribution in [2.45, 2.75) is 6.04 Å². The lowest BCUT2D eigenvalue weighted by Crippen LogP contribution is -2.13. The fourth-order valence-corrected chi connectivity index (χ4v) is 2.73. The number of hydrogen-bond donors (Lipinski definition) is 0. The van der Waals surface area contributed by atoms with Gasteiger partial charge in [-0.05, 0) is 35.4 Å². The second kappa shape index (κ2) is 5.48. The van der Waals surface area contributed by atoms with E-state index in [0.717, 1.165) is 15.8 Å². The van der Waals surface area contributed by atoms with Crippen LogP contribution in [0.1, 0.15) is 21.3 Å². The normalized spacial score (nSPS) is 15.1. The lowest BCUT2D eigenvalue weighted by Gasteiger charge is -2.18. The van der Waals surface area contributed by atoms with Gasteiger partial charge in [-0.25, -0.2) is 14.3 Å². The van der Waals surface area contributed by atoms with E-state index in [1.165, 1.54) is 6.33 Å². The molecule has 114 valence electrons. The van der Waals surface area contributed by atoms with Gasteiger partial charge in [-0.15, -0.1) is 5.10 Å². The summed E-state index contributed by atoms with van der Waals surface area (Å²) in [4.78, 5) is 4.03. The predicted octanol–water partition coefficient (Wildman–Crippen LogP) is 2.85. The first-order valence-corrected chi connectivity index (χ1v) is 7.27. The van der Waals surface area contributed by atoms with Crippen molar-refractivity contribution in [3.05, 3.63) is 71.3 Å². The van der Waals surface area contributed by atoms with E-state index in [-0.39, 0.29) is 6.04 Å². The van der Waals surface area contributed by atoms with Gasteiger partial charge >= 0.3 is 0 Å². The van der Waals surface area contributed by atoms with Crippen molar-refractivity contribution in [3.8, 4) is 0 Å². The van der Waals surface area contributed by atoms with Gasteiger partial charge in [0.25, 0.3) is 0 Å². The summed E-state index contributed by atoms with van der Waals surface area (Å²) in [5.74, 6) is 0. The van der Waals surface area contributed by atoms with Crippen LogP contribution in [0.15, 0.2) is 55.1 Å². The van der Waals surface area contributed by atoms with Gasteiger partial charge in [-0.3, -0.25) is 0 Å². The van der Waals surface area contributed by atoms with Crippen LogP contribution in [-0.4, -0.2) is 29.8 Å². The van der Waals surface area contributed by atoms with Crippen molar-refractivity contribution in [1.29, 1.82) is 0 Å². The predicted molar refractivity (Wildman–Crippen MR) is 87.2 cm³/mol. The maximum absolute atomic E-state index is 7.63. The van der Waals surface area contributed by atoms with Gasteiger partial charge in [0.1, 0.15) is 24.2 Å². The topological polar surface area (TPSA) is 61.4 Å². The van der Waals surface area contributed by atoms with Gasteiger partial charge in [-0.2, -0.15) is 5.10 Å². The van der Waals surface area contributed by atoms with E-state index in [1.54, 1.807) is 35.3 Å². The minimum atomic E-state index is -2.41. The minimum Gasteiger partial charge on any atom is -0.248 e. The van der Waals surface area contributed by atoms with E-state index in [4.69, 9.17) is 15.7 Å². The number of rotatable bonds is 3. The molecule has 4 aromatic rings. The summed E-state index contributed by atoms with van der Waals surface area (Å²) in [6, 6.07) is 12.5. The zero-order chi connectivity index (χ0) is 18.3. The molecule has 0 aliphatic rings. The van der Waals surface area contributed by atoms with E-state index in [2.05, 4.69) is 20.4 Å². The summed E-state index contributed by atoms with van der Waals surface area (Å²) >= 11 is 6.00. The SMILES string of the molecule is [2H]C([2H])([2H])n1nnc2ccc(C(c3ccc(Cl)cc3)n3cncn3)cc21. The molecule has 0 saturated carbocycles. The summed E-state index contributed by atoms with van der Waals surface area (Å²) in [7, 11) is 0. The molecule has 2 aromatic heterocycles. The van der Waals surface area contributed by atoms with E-state index < -0.39 is 6.98 Å². The maximum atomic E-state index is 7.63. The Hall–Kier alpha value is -2.73. The van der Waals surface area contributed by atoms with Crippen LogP contribution in [0.3, 0.4) is 0 Å². The van der Waals surface area contributed by atoms with Crippen LogP contribution in [0.25, 0.3) is 11.0 Å². The zero-order valence-corrected chi connectivity index (χ0v) is 12.6. The Bertz CT molecular complexity index is 1040. The molecule has 1 unspecified atom stereocenters. The summed E-state index contributed by atoms with van der Waals surface area (Å²) in [5.41, 5.74) is 2.71. The van der Waals surface area contributed by atoms with Crippen LogP contribution in [0.2, 0.25) is 5.02 Å². The van der Waals surface area contributed by atoms with Crippen molar-refractivity contribution in [1.82, 2.24) is 29.8 Å². The van der Waals surface area contributed by atoms with Crippen molar-refractivity contribution >= 4 is 22.6 Å². The number of nitrogens with zero attached hydrogens (tertiary/aromatic N) is 6. The molecule has 0 saturated heterocycles. The highest BCUT2D eigenvalue weighted by atomic mass is 35.5. The molecular weight excluding hydrogens is 312 g/mol. The fraction of sp³-hybridized carbons (Fsp3) is 0.125. The molecule has 6 nitrogen and oxygen atoms in total. The van der Waals surface area contributed by atoms with Gasteiger partial charge in [0.05, 0.1) is 5.52 Å². The van der Waals surface area contributed by atoms with Gasteiger partial charge in [0.2, 0.25) is 0 Å². The van der Waals surface area contributed by atoms with Crippen molar-refractivity contribution in [2.75, 3.05) is 0 Å². The van der Waals surface area contributed by atoms with E-state index >= 15 is 0 Å². The largest absolute Gasteiger partial charge is 0.248 e. The average Bonchev–Trinajstić information content (AvgIpc) is 3.25. The molecule has 0 radical (unpaired) electrons. The molecule has 0 spiro atoms. The molecule has 4 rings (SSSR count). The van der Waals surface area contributed by atoms with Gasteiger partial charge < -0.3 is 0 Å². The number of benzene rings is 2. The highest BCUT2D eigenvalue weighted by molar-refractivity contribution is 6.30. The van der Waals surface area contributed by atoms with Crippen molar-refractivity contribution in [3.63, 3.8) is 0 Å². The molecule has 23 heavy (non-hydrogen) atoms.